The van der Waals surface area contributed by atoms with Crippen LogP contribution in [0.5, 0.6) is 0 Å². The first-order chi connectivity index (χ1) is 9.16. The van der Waals surface area contributed by atoms with Gasteiger partial charge in [0.1, 0.15) is 12.4 Å². The van der Waals surface area contributed by atoms with Crippen LogP contribution in [0.15, 0.2) is 30.9 Å². The maximum atomic E-state index is 13.8. The number of fused-ring (bicyclic) bond motifs is 1. The molecular weight excluding hydrogens is 269 g/mol. The Balaban J connectivity index is 2.11. The van der Waals surface area contributed by atoms with Gasteiger partial charge >= 0.3 is 0 Å². The quantitative estimate of drug-likeness (QED) is 0.701. The highest BCUT2D eigenvalue weighted by molar-refractivity contribution is 6.31. The first-order valence-corrected chi connectivity index (χ1v) is 5.94. The molecule has 7 heteroatoms. The highest BCUT2D eigenvalue weighted by atomic mass is 35.5. The molecule has 0 saturated carbocycles. The third kappa shape index (κ3) is 2.00. The molecule has 0 radical (unpaired) electrons. The van der Waals surface area contributed by atoms with Gasteiger partial charge in [0.2, 0.25) is 12.1 Å². The lowest BCUT2D eigenvalue weighted by molar-refractivity contribution is -0.667. The van der Waals surface area contributed by atoms with E-state index in [1.54, 1.807) is 16.7 Å². The predicted octanol–water partition coefficient (Wildman–Crippen LogP) is 1.67. The zero-order valence-electron chi connectivity index (χ0n) is 9.77. The molecule has 0 aliphatic rings. The number of aromatic amines is 1. The summed E-state index contributed by atoms with van der Waals surface area (Å²) in [5.41, 5.74) is 7.34. The topological polar surface area (TPSA) is 71.5 Å². The van der Waals surface area contributed by atoms with Crippen molar-refractivity contribution in [1.29, 1.82) is 0 Å². The van der Waals surface area contributed by atoms with Gasteiger partial charge in [-0.2, -0.15) is 0 Å². The summed E-state index contributed by atoms with van der Waals surface area (Å²) in [5, 5.41) is 0.369. The van der Waals surface area contributed by atoms with Crippen LogP contribution in [0.2, 0.25) is 5.02 Å². The molecule has 0 bridgehead atoms. The molecule has 3 N–H and O–H groups in total. The van der Waals surface area contributed by atoms with E-state index in [9.17, 15) is 4.39 Å². The van der Waals surface area contributed by atoms with Gasteiger partial charge in [0.25, 0.3) is 5.65 Å². The van der Waals surface area contributed by atoms with Crippen LogP contribution >= 0.6 is 11.6 Å². The third-order valence-electron chi connectivity index (χ3n) is 2.87. The first-order valence-electron chi connectivity index (χ1n) is 5.56. The Labute approximate surface area is 112 Å². The number of hydrogen-bond donors (Lipinski definition) is 2. The average Bonchev–Trinajstić information content (AvgIpc) is 2.87. The summed E-state index contributed by atoms with van der Waals surface area (Å²) in [4.78, 5) is 11.1. The van der Waals surface area contributed by atoms with Crippen LogP contribution in [0, 0.1) is 5.82 Å². The maximum Gasteiger partial charge on any atom is 0.293 e. The van der Waals surface area contributed by atoms with Crippen LogP contribution in [0.25, 0.3) is 11.2 Å². The minimum Gasteiger partial charge on any atom is -0.368 e. The Bertz CT molecular complexity index is 735. The number of benzene rings is 1. The molecule has 0 amide bonds. The largest absolute Gasteiger partial charge is 0.368 e. The zero-order chi connectivity index (χ0) is 13.4. The molecule has 0 unspecified atom stereocenters. The number of hydrogen-bond acceptors (Lipinski definition) is 3. The van der Waals surface area contributed by atoms with Crippen LogP contribution in [-0.2, 0) is 6.54 Å². The fourth-order valence-corrected chi connectivity index (χ4v) is 2.14. The van der Waals surface area contributed by atoms with Crippen LogP contribution < -0.4 is 10.3 Å². The van der Waals surface area contributed by atoms with Gasteiger partial charge in [-0.1, -0.05) is 27.6 Å². The molecule has 0 spiro atoms. The summed E-state index contributed by atoms with van der Waals surface area (Å²) >= 11 is 6.01. The molecule has 2 aromatic heterocycles. The summed E-state index contributed by atoms with van der Waals surface area (Å²) in [5.74, 6) is -0.0103. The van der Waals surface area contributed by atoms with Gasteiger partial charge in [0, 0.05) is 10.6 Å². The van der Waals surface area contributed by atoms with E-state index < -0.39 is 0 Å². The Hall–Kier alpha value is -2.21. The van der Waals surface area contributed by atoms with Crippen molar-refractivity contribution < 1.29 is 8.96 Å². The Kier molecular flexibility index (Phi) is 2.79. The van der Waals surface area contributed by atoms with E-state index in [4.69, 9.17) is 17.3 Å². The molecule has 0 aliphatic carbocycles. The smallest absolute Gasteiger partial charge is 0.293 e. The SMILES string of the molecule is Nc1nc[n+](Cc2c(F)cccc2Cl)c2nc[nH]c12. The van der Waals surface area contributed by atoms with Gasteiger partial charge in [-0.15, -0.1) is 0 Å². The molecular formula is C12H10ClFN5+. The van der Waals surface area contributed by atoms with Crippen molar-refractivity contribution in [3.63, 3.8) is 0 Å². The summed E-state index contributed by atoms with van der Waals surface area (Å²) in [6.07, 6.45) is 3.03. The number of nitrogens with two attached hydrogens (primary N) is 1. The molecule has 0 saturated heterocycles. The van der Waals surface area contributed by atoms with Crippen molar-refractivity contribution in [2.45, 2.75) is 6.54 Å². The molecule has 2 heterocycles. The fraction of sp³-hybridized carbons (Fsp3) is 0.0833. The normalized spacial score (nSPS) is 11.1. The van der Waals surface area contributed by atoms with E-state index in [1.165, 1.54) is 18.7 Å². The van der Waals surface area contributed by atoms with E-state index >= 15 is 0 Å². The monoisotopic (exact) mass is 278 g/mol. The van der Waals surface area contributed by atoms with Gasteiger partial charge in [0.15, 0.2) is 11.8 Å². The second-order valence-electron chi connectivity index (χ2n) is 4.06. The van der Waals surface area contributed by atoms with Crippen molar-refractivity contribution in [1.82, 2.24) is 15.0 Å². The first kappa shape index (κ1) is 11.9. The molecule has 1 aromatic carbocycles. The second kappa shape index (κ2) is 4.47. The average molecular weight is 279 g/mol. The van der Waals surface area contributed by atoms with Gasteiger partial charge in [-0.25, -0.2) is 8.96 Å². The standard InChI is InChI=1S/C12H9ClFN5/c13-8-2-1-3-9(14)7(8)4-19-6-18-11(15)10-12(19)17-5-16-10/h1-3,5-6H,4H2,(H2,15,16,17)/p+1. The minimum absolute atomic E-state index is 0.236. The number of imidazole rings is 1. The van der Waals surface area contributed by atoms with Crippen molar-refractivity contribution in [3.05, 3.63) is 47.3 Å². The number of halogens is 2. The Morgan fingerprint density at radius 2 is 2.21 bits per heavy atom. The third-order valence-corrected chi connectivity index (χ3v) is 3.23. The van der Waals surface area contributed by atoms with E-state index in [1.807, 2.05) is 0 Å². The van der Waals surface area contributed by atoms with Gasteiger partial charge < -0.3 is 10.7 Å². The number of anilines is 1. The molecule has 19 heavy (non-hydrogen) atoms. The van der Waals surface area contributed by atoms with Crippen molar-refractivity contribution >= 4 is 28.6 Å². The van der Waals surface area contributed by atoms with Gasteiger partial charge in [-0.05, 0) is 12.1 Å². The highest BCUT2D eigenvalue weighted by Crippen LogP contribution is 2.19. The molecule has 0 aliphatic heterocycles. The Morgan fingerprint density at radius 3 is 3.00 bits per heavy atom. The van der Waals surface area contributed by atoms with Crippen LogP contribution in [0.4, 0.5) is 10.2 Å². The van der Waals surface area contributed by atoms with E-state index in [0.29, 0.717) is 27.6 Å². The summed E-state index contributed by atoms with van der Waals surface area (Å²) in [6.45, 7) is 0.236. The number of nitrogens with zero attached hydrogens (tertiary/aromatic N) is 3. The van der Waals surface area contributed by atoms with Crippen LogP contribution in [0.3, 0.4) is 0 Å². The van der Waals surface area contributed by atoms with E-state index in [0.717, 1.165) is 0 Å². The van der Waals surface area contributed by atoms with E-state index in [-0.39, 0.29) is 12.4 Å². The van der Waals surface area contributed by atoms with Crippen LogP contribution in [0.1, 0.15) is 5.56 Å². The molecule has 3 rings (SSSR count). The van der Waals surface area contributed by atoms with Gasteiger partial charge in [0.05, 0.1) is 0 Å². The molecule has 5 nitrogen and oxygen atoms in total. The maximum absolute atomic E-state index is 13.8. The molecule has 3 aromatic rings. The number of H-pyrrole nitrogens is 1. The molecule has 0 atom stereocenters. The second-order valence-corrected chi connectivity index (χ2v) is 4.47. The fourth-order valence-electron chi connectivity index (χ4n) is 1.91. The van der Waals surface area contributed by atoms with Gasteiger partial charge in [-0.3, -0.25) is 0 Å². The molecule has 0 fully saturated rings. The molecule has 96 valence electrons. The minimum atomic E-state index is -0.361. The van der Waals surface area contributed by atoms with E-state index in [2.05, 4.69) is 15.0 Å². The lowest BCUT2D eigenvalue weighted by Gasteiger charge is -2.05. The lowest BCUT2D eigenvalue weighted by Crippen LogP contribution is -2.36. The number of nitrogen functional groups attached to an aromatic ring is 1. The summed E-state index contributed by atoms with van der Waals surface area (Å²) in [7, 11) is 0. The summed E-state index contributed by atoms with van der Waals surface area (Å²) < 4.78 is 15.5. The van der Waals surface area contributed by atoms with Crippen molar-refractivity contribution in [3.8, 4) is 0 Å². The number of rotatable bonds is 2. The highest BCUT2D eigenvalue weighted by Gasteiger charge is 2.17. The van der Waals surface area contributed by atoms with Crippen molar-refractivity contribution in [2.24, 2.45) is 0 Å². The lowest BCUT2D eigenvalue weighted by atomic mass is 10.2. The van der Waals surface area contributed by atoms with Crippen LogP contribution in [-0.4, -0.2) is 15.0 Å². The zero-order valence-corrected chi connectivity index (χ0v) is 10.5. The Morgan fingerprint density at radius 1 is 1.37 bits per heavy atom. The van der Waals surface area contributed by atoms with Crippen molar-refractivity contribution in [2.75, 3.05) is 5.73 Å². The number of nitrogens with one attached hydrogen (secondary N) is 1. The number of aromatic nitrogens is 4. The summed E-state index contributed by atoms with van der Waals surface area (Å²) in [6, 6.07) is 4.58. The predicted molar refractivity (Wildman–Crippen MR) is 69.0 cm³/mol.